The lowest BCUT2D eigenvalue weighted by Gasteiger charge is -2.30. The molecule has 0 aliphatic carbocycles. The van der Waals surface area contributed by atoms with Crippen LogP contribution in [0.5, 0.6) is 0 Å². The molecule has 0 radical (unpaired) electrons. The van der Waals surface area contributed by atoms with Crippen LogP contribution in [0.15, 0.2) is 22.7 Å². The fourth-order valence-electron chi connectivity index (χ4n) is 2.53. The Labute approximate surface area is 123 Å². The number of rotatable bonds is 3. The average molecular weight is 290 g/mol. The van der Waals surface area contributed by atoms with Crippen LogP contribution in [-0.2, 0) is 0 Å². The van der Waals surface area contributed by atoms with E-state index in [1.54, 1.807) is 19.1 Å². The van der Waals surface area contributed by atoms with Gasteiger partial charge in [0.05, 0.1) is 6.04 Å². The largest absolute Gasteiger partial charge is 0.334 e. The topological polar surface area (TPSA) is 54.2 Å². The summed E-state index contributed by atoms with van der Waals surface area (Å²) in [5.41, 5.74) is 1.32. The van der Waals surface area contributed by atoms with Crippen LogP contribution in [0.4, 0.5) is 4.39 Å². The fourth-order valence-corrected chi connectivity index (χ4v) is 2.53. The summed E-state index contributed by atoms with van der Waals surface area (Å²) in [6, 6.07) is 4.93. The van der Waals surface area contributed by atoms with Gasteiger partial charge in [-0.3, -0.25) is 4.90 Å². The Morgan fingerprint density at radius 2 is 2.10 bits per heavy atom. The van der Waals surface area contributed by atoms with Crippen molar-refractivity contribution >= 4 is 0 Å². The number of hydrogen-bond donors (Lipinski definition) is 1. The van der Waals surface area contributed by atoms with Crippen LogP contribution >= 0.6 is 0 Å². The van der Waals surface area contributed by atoms with Crippen LogP contribution in [0, 0.1) is 12.7 Å². The van der Waals surface area contributed by atoms with E-state index >= 15 is 0 Å². The molecule has 5 nitrogen and oxygen atoms in total. The normalized spacial score (nSPS) is 17.9. The van der Waals surface area contributed by atoms with Crippen LogP contribution in [0.25, 0.3) is 11.5 Å². The standard InChI is InChI=1S/C15H19FN4O/c1-10-9-12(3-4-13(10)16)15-18-14(19-21-15)11(2)20-7-5-17-6-8-20/h3-4,9,11,17H,5-8H2,1-2H3. The molecule has 21 heavy (non-hydrogen) atoms. The quantitative estimate of drug-likeness (QED) is 0.938. The Kier molecular flexibility index (Phi) is 3.98. The molecule has 1 unspecified atom stereocenters. The first kappa shape index (κ1) is 14.2. The van der Waals surface area contributed by atoms with Gasteiger partial charge in [-0.25, -0.2) is 4.39 Å². The number of nitrogens with one attached hydrogen (secondary N) is 1. The predicted octanol–water partition coefficient (Wildman–Crippen LogP) is 2.15. The molecule has 112 valence electrons. The van der Waals surface area contributed by atoms with E-state index in [1.165, 1.54) is 6.07 Å². The molecule has 0 amide bonds. The highest BCUT2D eigenvalue weighted by Gasteiger charge is 2.22. The lowest BCUT2D eigenvalue weighted by Crippen LogP contribution is -2.44. The van der Waals surface area contributed by atoms with Crippen LogP contribution < -0.4 is 5.32 Å². The maximum absolute atomic E-state index is 13.3. The maximum atomic E-state index is 13.3. The van der Waals surface area contributed by atoms with E-state index in [4.69, 9.17) is 4.52 Å². The van der Waals surface area contributed by atoms with Crippen molar-refractivity contribution in [3.63, 3.8) is 0 Å². The Balaban J connectivity index is 1.80. The first-order valence-electron chi connectivity index (χ1n) is 7.20. The summed E-state index contributed by atoms with van der Waals surface area (Å²) < 4.78 is 18.6. The van der Waals surface area contributed by atoms with Crippen LogP contribution in [-0.4, -0.2) is 41.2 Å². The van der Waals surface area contributed by atoms with E-state index in [0.717, 1.165) is 31.7 Å². The summed E-state index contributed by atoms with van der Waals surface area (Å²) in [6.45, 7) is 7.70. The highest BCUT2D eigenvalue weighted by atomic mass is 19.1. The molecule has 1 aromatic carbocycles. The van der Waals surface area contributed by atoms with Gasteiger partial charge >= 0.3 is 0 Å². The Morgan fingerprint density at radius 3 is 2.81 bits per heavy atom. The van der Waals surface area contributed by atoms with Crippen molar-refractivity contribution in [1.82, 2.24) is 20.4 Å². The van der Waals surface area contributed by atoms with E-state index < -0.39 is 0 Å². The van der Waals surface area contributed by atoms with Gasteiger partial charge in [0.25, 0.3) is 5.89 Å². The number of halogens is 1. The zero-order valence-corrected chi connectivity index (χ0v) is 12.3. The summed E-state index contributed by atoms with van der Waals surface area (Å²) in [5.74, 6) is 0.886. The number of piperazine rings is 1. The van der Waals surface area contributed by atoms with Crippen LogP contribution in [0.3, 0.4) is 0 Å². The van der Waals surface area contributed by atoms with Crippen LogP contribution in [0.1, 0.15) is 24.4 Å². The Hall–Kier alpha value is -1.79. The minimum absolute atomic E-state index is 0.117. The van der Waals surface area contributed by atoms with Crippen molar-refractivity contribution in [3.05, 3.63) is 35.4 Å². The van der Waals surface area contributed by atoms with Crippen molar-refractivity contribution in [2.24, 2.45) is 0 Å². The van der Waals surface area contributed by atoms with Gasteiger partial charge in [-0.05, 0) is 37.6 Å². The molecule has 1 aromatic heterocycles. The molecule has 0 spiro atoms. The highest BCUT2D eigenvalue weighted by Crippen LogP contribution is 2.24. The summed E-state index contributed by atoms with van der Waals surface area (Å²) in [7, 11) is 0. The minimum atomic E-state index is -0.229. The third kappa shape index (κ3) is 2.96. The van der Waals surface area contributed by atoms with Gasteiger partial charge in [0.1, 0.15) is 5.82 Å². The van der Waals surface area contributed by atoms with Gasteiger partial charge in [-0.15, -0.1) is 0 Å². The number of benzene rings is 1. The summed E-state index contributed by atoms with van der Waals surface area (Å²) in [6.07, 6.45) is 0. The Morgan fingerprint density at radius 1 is 1.33 bits per heavy atom. The lowest BCUT2D eigenvalue weighted by atomic mass is 10.1. The number of nitrogens with zero attached hydrogens (tertiary/aromatic N) is 3. The number of aromatic nitrogens is 2. The molecular formula is C15H19FN4O. The summed E-state index contributed by atoms with van der Waals surface area (Å²) in [4.78, 5) is 6.78. The molecule has 0 bridgehead atoms. The molecule has 1 aliphatic rings. The van der Waals surface area contributed by atoms with Gasteiger partial charge in [0, 0.05) is 31.7 Å². The second-order valence-corrected chi connectivity index (χ2v) is 5.38. The molecule has 2 heterocycles. The second kappa shape index (κ2) is 5.91. The monoisotopic (exact) mass is 290 g/mol. The minimum Gasteiger partial charge on any atom is -0.334 e. The summed E-state index contributed by atoms with van der Waals surface area (Å²) >= 11 is 0. The average Bonchev–Trinajstić information content (AvgIpc) is 3.00. The van der Waals surface area contributed by atoms with E-state index in [0.29, 0.717) is 17.3 Å². The van der Waals surface area contributed by atoms with Gasteiger partial charge in [0.2, 0.25) is 0 Å². The van der Waals surface area contributed by atoms with Crippen molar-refractivity contribution in [2.45, 2.75) is 19.9 Å². The van der Waals surface area contributed by atoms with Crippen molar-refractivity contribution in [2.75, 3.05) is 26.2 Å². The van der Waals surface area contributed by atoms with E-state index in [1.807, 2.05) is 0 Å². The third-order valence-corrected chi connectivity index (χ3v) is 3.92. The predicted molar refractivity (Wildman–Crippen MR) is 77.3 cm³/mol. The number of hydrogen-bond acceptors (Lipinski definition) is 5. The summed E-state index contributed by atoms with van der Waals surface area (Å²) in [5, 5.41) is 7.40. The van der Waals surface area contributed by atoms with Crippen molar-refractivity contribution in [1.29, 1.82) is 0 Å². The van der Waals surface area contributed by atoms with E-state index in [9.17, 15) is 4.39 Å². The molecule has 1 N–H and O–H groups in total. The first-order valence-corrected chi connectivity index (χ1v) is 7.20. The molecule has 6 heteroatoms. The van der Waals surface area contributed by atoms with E-state index in [2.05, 4.69) is 27.3 Å². The Bertz CT molecular complexity index is 622. The lowest BCUT2D eigenvalue weighted by molar-refractivity contribution is 0.176. The number of aryl methyl sites for hydroxylation is 1. The third-order valence-electron chi connectivity index (χ3n) is 3.92. The van der Waals surface area contributed by atoms with E-state index in [-0.39, 0.29) is 11.9 Å². The maximum Gasteiger partial charge on any atom is 0.257 e. The van der Waals surface area contributed by atoms with Gasteiger partial charge in [-0.1, -0.05) is 5.16 Å². The van der Waals surface area contributed by atoms with Gasteiger partial charge < -0.3 is 9.84 Å². The fraction of sp³-hybridized carbons (Fsp3) is 0.467. The van der Waals surface area contributed by atoms with Crippen LogP contribution in [0.2, 0.25) is 0 Å². The first-order chi connectivity index (χ1) is 10.1. The zero-order valence-electron chi connectivity index (χ0n) is 12.3. The van der Waals surface area contributed by atoms with Crippen molar-refractivity contribution in [3.8, 4) is 11.5 Å². The molecule has 0 saturated carbocycles. The highest BCUT2D eigenvalue weighted by molar-refractivity contribution is 5.54. The molecular weight excluding hydrogens is 271 g/mol. The van der Waals surface area contributed by atoms with Gasteiger partial charge in [-0.2, -0.15) is 4.98 Å². The van der Waals surface area contributed by atoms with Gasteiger partial charge in [0.15, 0.2) is 5.82 Å². The SMILES string of the molecule is Cc1cc(-c2nc(C(C)N3CCNCC3)no2)ccc1F. The molecule has 2 aromatic rings. The molecule has 1 fully saturated rings. The molecule has 3 rings (SSSR count). The smallest absolute Gasteiger partial charge is 0.257 e. The molecule has 1 saturated heterocycles. The molecule has 1 aliphatic heterocycles. The van der Waals surface area contributed by atoms with Crippen molar-refractivity contribution < 1.29 is 8.91 Å². The zero-order chi connectivity index (χ0) is 14.8. The second-order valence-electron chi connectivity index (χ2n) is 5.38. The molecule has 1 atom stereocenters.